The Labute approximate surface area is 193 Å². The molecule has 3 heteroatoms. The summed E-state index contributed by atoms with van der Waals surface area (Å²) in [4.78, 5) is 0. The van der Waals surface area contributed by atoms with Crippen LogP contribution in [0.4, 0.5) is 13.2 Å². The van der Waals surface area contributed by atoms with Gasteiger partial charge in [0.05, 0.1) is 5.56 Å². The Morgan fingerprint density at radius 2 is 1.34 bits per heavy atom. The normalized spacial score (nSPS) is 26.6. The molecule has 0 bridgehead atoms. The molecule has 0 amide bonds. The van der Waals surface area contributed by atoms with Crippen molar-refractivity contribution < 1.29 is 13.2 Å². The minimum atomic E-state index is -4.29. The van der Waals surface area contributed by atoms with Crippen LogP contribution in [0.1, 0.15) is 102 Å². The van der Waals surface area contributed by atoms with Crippen LogP contribution in [-0.2, 0) is 6.18 Å². The molecule has 1 aromatic carbocycles. The largest absolute Gasteiger partial charge is 0.416 e. The van der Waals surface area contributed by atoms with Crippen LogP contribution >= 0.6 is 0 Å². The Morgan fingerprint density at radius 3 is 1.88 bits per heavy atom. The molecule has 2 fully saturated rings. The molecule has 0 aliphatic heterocycles. The molecule has 0 N–H and O–H groups in total. The SMILES string of the molecule is CCCCC1CCC(CCC2CCC(C=CC#Cc3ccc(C(F)(F)F)cc3)CC2)CC1. The number of unbranched alkanes of at least 4 members (excludes halogenated alkanes) is 1. The Morgan fingerprint density at radius 1 is 0.812 bits per heavy atom. The first kappa shape index (κ1) is 24.9. The molecule has 2 aliphatic rings. The van der Waals surface area contributed by atoms with Gasteiger partial charge in [0.15, 0.2) is 0 Å². The number of allylic oxidation sites excluding steroid dienone is 2. The molecule has 0 aromatic heterocycles. The van der Waals surface area contributed by atoms with E-state index in [2.05, 4.69) is 24.8 Å². The van der Waals surface area contributed by atoms with Crippen molar-refractivity contribution in [1.29, 1.82) is 0 Å². The maximum absolute atomic E-state index is 12.6. The fourth-order valence-corrected chi connectivity index (χ4v) is 5.49. The fraction of sp³-hybridized carbons (Fsp3) is 0.655. The average molecular weight is 445 g/mol. The van der Waals surface area contributed by atoms with Crippen LogP contribution in [-0.4, -0.2) is 0 Å². The number of rotatable bonds is 7. The summed E-state index contributed by atoms with van der Waals surface area (Å²) < 4.78 is 37.8. The molecule has 2 aliphatic carbocycles. The Kier molecular flexibility index (Phi) is 9.76. The number of alkyl halides is 3. The van der Waals surface area contributed by atoms with Gasteiger partial charge in [0.25, 0.3) is 0 Å². The van der Waals surface area contributed by atoms with Crippen LogP contribution in [0.2, 0.25) is 0 Å². The summed E-state index contributed by atoms with van der Waals surface area (Å²) in [6, 6.07) is 5.05. The zero-order valence-electron chi connectivity index (χ0n) is 19.6. The lowest BCUT2D eigenvalue weighted by Crippen LogP contribution is -2.17. The van der Waals surface area contributed by atoms with Gasteiger partial charge in [0, 0.05) is 5.56 Å². The van der Waals surface area contributed by atoms with E-state index in [4.69, 9.17) is 0 Å². The van der Waals surface area contributed by atoms with Gasteiger partial charge in [-0.15, -0.1) is 0 Å². The van der Waals surface area contributed by atoms with E-state index in [1.807, 2.05) is 6.08 Å². The van der Waals surface area contributed by atoms with E-state index in [0.29, 0.717) is 11.5 Å². The van der Waals surface area contributed by atoms with E-state index >= 15 is 0 Å². The van der Waals surface area contributed by atoms with Crippen molar-refractivity contribution in [3.63, 3.8) is 0 Å². The zero-order valence-corrected chi connectivity index (χ0v) is 19.6. The summed E-state index contributed by atoms with van der Waals surface area (Å²) in [5.41, 5.74) is -0.0132. The first-order chi connectivity index (χ1) is 15.4. The molecular weight excluding hydrogens is 405 g/mol. The number of hydrogen-bond donors (Lipinski definition) is 0. The molecule has 3 rings (SSSR count). The van der Waals surface area contributed by atoms with Gasteiger partial charge in [-0.1, -0.05) is 82.6 Å². The predicted octanol–water partition coefficient (Wildman–Crippen LogP) is 9.20. The molecule has 176 valence electrons. The number of halogens is 3. The molecule has 0 atom stereocenters. The lowest BCUT2D eigenvalue weighted by molar-refractivity contribution is -0.137. The second-order valence-electron chi connectivity index (χ2n) is 10.1. The van der Waals surface area contributed by atoms with Crippen LogP contribution in [0.3, 0.4) is 0 Å². The molecule has 1 aromatic rings. The number of hydrogen-bond acceptors (Lipinski definition) is 0. The highest BCUT2D eigenvalue weighted by Crippen LogP contribution is 2.38. The summed E-state index contributed by atoms with van der Waals surface area (Å²) >= 11 is 0. The Balaban J connectivity index is 1.32. The molecule has 0 nitrogen and oxygen atoms in total. The van der Waals surface area contributed by atoms with Crippen molar-refractivity contribution in [2.45, 2.75) is 96.6 Å². The van der Waals surface area contributed by atoms with Gasteiger partial charge in [0.1, 0.15) is 0 Å². The van der Waals surface area contributed by atoms with Crippen molar-refractivity contribution in [3.05, 3.63) is 47.5 Å². The molecule has 0 unspecified atom stereocenters. The maximum atomic E-state index is 12.6. The minimum absolute atomic E-state index is 0.599. The van der Waals surface area contributed by atoms with E-state index in [1.54, 1.807) is 0 Å². The first-order valence-corrected chi connectivity index (χ1v) is 12.8. The molecule has 0 saturated heterocycles. The molecule has 0 radical (unpaired) electrons. The highest BCUT2D eigenvalue weighted by molar-refractivity contribution is 5.39. The van der Waals surface area contributed by atoms with Crippen molar-refractivity contribution in [3.8, 4) is 11.8 Å². The van der Waals surface area contributed by atoms with Gasteiger partial charge in [-0.3, -0.25) is 0 Å². The summed E-state index contributed by atoms with van der Waals surface area (Å²) in [5, 5.41) is 0. The van der Waals surface area contributed by atoms with Crippen LogP contribution in [0.15, 0.2) is 36.4 Å². The quantitative estimate of drug-likeness (QED) is 0.368. The lowest BCUT2D eigenvalue weighted by atomic mass is 9.75. The van der Waals surface area contributed by atoms with Gasteiger partial charge in [0.2, 0.25) is 0 Å². The lowest BCUT2D eigenvalue weighted by Gasteiger charge is -2.31. The van der Waals surface area contributed by atoms with E-state index in [0.717, 1.165) is 29.9 Å². The van der Waals surface area contributed by atoms with Crippen LogP contribution in [0.25, 0.3) is 0 Å². The van der Waals surface area contributed by atoms with Crippen molar-refractivity contribution in [2.75, 3.05) is 0 Å². The molecule has 0 spiro atoms. The van der Waals surface area contributed by atoms with Gasteiger partial charge >= 0.3 is 6.18 Å². The highest BCUT2D eigenvalue weighted by Gasteiger charge is 2.29. The van der Waals surface area contributed by atoms with Gasteiger partial charge in [-0.2, -0.15) is 13.2 Å². The topological polar surface area (TPSA) is 0 Å². The van der Waals surface area contributed by atoms with Gasteiger partial charge in [-0.25, -0.2) is 0 Å². The second kappa shape index (κ2) is 12.5. The zero-order chi connectivity index (χ0) is 22.8. The number of benzene rings is 1. The fourth-order valence-electron chi connectivity index (χ4n) is 5.49. The van der Waals surface area contributed by atoms with E-state index in [-0.39, 0.29) is 0 Å². The summed E-state index contributed by atoms with van der Waals surface area (Å²) in [6.45, 7) is 2.30. The van der Waals surface area contributed by atoms with Crippen molar-refractivity contribution >= 4 is 0 Å². The first-order valence-electron chi connectivity index (χ1n) is 12.8. The summed E-state index contributed by atoms with van der Waals surface area (Å²) in [7, 11) is 0. The maximum Gasteiger partial charge on any atom is 0.416 e. The standard InChI is InChI=1S/C29H39F3/c1-2-3-6-23-9-13-26(14-10-23)17-18-27-15-11-24(12-16-27)7-4-5-8-25-19-21-28(22-20-25)29(30,31)32/h4,7,19-24,26-27H,2-3,6,9-18H2,1H3. The van der Waals surface area contributed by atoms with Gasteiger partial charge in [-0.05, 0) is 79.7 Å². The third kappa shape index (κ3) is 8.34. The monoisotopic (exact) mass is 444 g/mol. The Bertz CT molecular complexity index is 746. The summed E-state index contributed by atoms with van der Waals surface area (Å²) in [6.07, 6.45) is 17.8. The second-order valence-corrected chi connectivity index (χ2v) is 10.1. The smallest absolute Gasteiger partial charge is 0.166 e. The molecular formula is C29H39F3. The third-order valence-electron chi connectivity index (χ3n) is 7.69. The van der Waals surface area contributed by atoms with E-state index < -0.39 is 11.7 Å². The van der Waals surface area contributed by atoms with Crippen LogP contribution in [0, 0.1) is 35.5 Å². The molecule has 0 heterocycles. The molecule has 2 saturated carbocycles. The van der Waals surface area contributed by atoms with E-state index in [9.17, 15) is 13.2 Å². The van der Waals surface area contributed by atoms with Crippen molar-refractivity contribution in [2.24, 2.45) is 23.7 Å². The van der Waals surface area contributed by atoms with Crippen LogP contribution < -0.4 is 0 Å². The predicted molar refractivity (Wildman–Crippen MR) is 127 cm³/mol. The minimum Gasteiger partial charge on any atom is -0.166 e. The van der Waals surface area contributed by atoms with Crippen molar-refractivity contribution in [1.82, 2.24) is 0 Å². The Hall–Kier alpha value is -1.69. The van der Waals surface area contributed by atoms with E-state index in [1.165, 1.54) is 95.6 Å². The third-order valence-corrected chi connectivity index (χ3v) is 7.69. The summed E-state index contributed by atoms with van der Waals surface area (Å²) in [5.74, 6) is 9.42. The average Bonchev–Trinajstić information content (AvgIpc) is 2.80. The highest BCUT2D eigenvalue weighted by atomic mass is 19.4. The van der Waals surface area contributed by atoms with Gasteiger partial charge < -0.3 is 0 Å². The van der Waals surface area contributed by atoms with Crippen LogP contribution in [0.5, 0.6) is 0 Å². The molecule has 32 heavy (non-hydrogen) atoms.